The largest absolute Gasteiger partial charge is 0.458 e. The number of benzene rings is 1. The van der Waals surface area contributed by atoms with Gasteiger partial charge in [0.15, 0.2) is 17.0 Å². The van der Waals surface area contributed by atoms with E-state index in [-0.39, 0.29) is 12.0 Å². The summed E-state index contributed by atoms with van der Waals surface area (Å²) in [7, 11) is 0. The van der Waals surface area contributed by atoms with E-state index < -0.39 is 88.9 Å². The lowest BCUT2D eigenvalue weighted by Gasteiger charge is -2.61. The molecule has 0 aromatic heterocycles. The number of epoxide rings is 1. The zero-order valence-corrected chi connectivity index (χ0v) is 23.5. The second kappa shape index (κ2) is 8.35. The molecule has 2 saturated carbocycles. The quantitative estimate of drug-likeness (QED) is 0.263. The molecule has 10 heteroatoms. The highest BCUT2D eigenvalue weighted by Gasteiger charge is 2.90. The van der Waals surface area contributed by atoms with Crippen molar-refractivity contribution in [2.24, 2.45) is 17.8 Å². The number of hydrogen-bond acceptors (Lipinski definition) is 10. The molecule has 12 atom stereocenters. The van der Waals surface area contributed by atoms with Crippen molar-refractivity contribution in [2.45, 2.75) is 93.3 Å². The molecule has 41 heavy (non-hydrogen) atoms. The highest BCUT2D eigenvalue weighted by molar-refractivity contribution is 6.05. The van der Waals surface area contributed by atoms with Gasteiger partial charge >= 0.3 is 11.9 Å². The fraction of sp³-hybridized carbons (Fsp3) is 0.613. The number of carbonyl (C=O) groups is 2. The zero-order chi connectivity index (χ0) is 29.3. The molecule has 0 spiro atoms. The Morgan fingerprint density at radius 2 is 1.85 bits per heavy atom. The van der Waals surface area contributed by atoms with Crippen LogP contribution in [0.1, 0.15) is 46.1 Å². The van der Waals surface area contributed by atoms with Gasteiger partial charge in [-0.05, 0) is 31.4 Å². The van der Waals surface area contributed by atoms with Crippen molar-refractivity contribution in [3.8, 4) is 0 Å². The minimum absolute atomic E-state index is 0.172. The van der Waals surface area contributed by atoms with Crippen molar-refractivity contribution in [3.63, 3.8) is 0 Å². The van der Waals surface area contributed by atoms with E-state index in [2.05, 4.69) is 6.58 Å². The monoisotopic (exact) mass is 568 g/mol. The third kappa shape index (κ3) is 2.92. The van der Waals surface area contributed by atoms with Crippen molar-refractivity contribution < 1.29 is 48.6 Å². The van der Waals surface area contributed by atoms with Gasteiger partial charge in [0.2, 0.25) is 0 Å². The van der Waals surface area contributed by atoms with E-state index >= 15 is 0 Å². The molecule has 0 amide bonds. The maximum absolute atomic E-state index is 13.7. The normalized spacial score (nSPS) is 50.4. The average Bonchev–Trinajstić information content (AvgIpc) is 3.58. The van der Waals surface area contributed by atoms with Gasteiger partial charge in [0, 0.05) is 29.7 Å². The van der Waals surface area contributed by atoms with E-state index in [0.29, 0.717) is 17.6 Å². The molecule has 10 nitrogen and oxygen atoms in total. The molecule has 5 fully saturated rings. The first kappa shape index (κ1) is 27.4. The Morgan fingerprint density at radius 3 is 2.49 bits per heavy atom. The molecule has 3 heterocycles. The molecule has 3 saturated heterocycles. The molecular weight excluding hydrogens is 532 g/mol. The molecule has 6 aliphatic rings. The number of fused-ring (bicyclic) bond motifs is 3. The molecule has 3 aliphatic carbocycles. The van der Waals surface area contributed by atoms with Crippen molar-refractivity contribution in [3.05, 3.63) is 59.7 Å². The third-order valence-electron chi connectivity index (χ3n) is 10.6. The Hall–Kier alpha value is -2.44. The maximum atomic E-state index is 13.7. The molecule has 7 rings (SSSR count). The number of hydrogen-bond donors (Lipinski definition) is 3. The van der Waals surface area contributed by atoms with Crippen LogP contribution in [-0.2, 0) is 39.2 Å². The van der Waals surface area contributed by atoms with Crippen LogP contribution < -0.4 is 0 Å². The summed E-state index contributed by atoms with van der Waals surface area (Å²) in [5.41, 5.74) is -5.63. The lowest BCUT2D eigenvalue weighted by molar-refractivity contribution is -0.440. The maximum Gasteiger partial charge on any atom is 0.314 e. The molecular formula is C31H36O10. The molecule has 3 bridgehead atoms. The van der Waals surface area contributed by atoms with Gasteiger partial charge < -0.3 is 39.0 Å². The van der Waals surface area contributed by atoms with Crippen LogP contribution in [-0.4, -0.2) is 80.5 Å². The molecule has 1 aromatic rings. The summed E-state index contributed by atoms with van der Waals surface area (Å²) in [6.07, 6.45) is -2.15. The summed E-state index contributed by atoms with van der Waals surface area (Å²) in [4.78, 5) is 26.8. The van der Waals surface area contributed by atoms with Crippen molar-refractivity contribution in [2.75, 3.05) is 6.61 Å². The van der Waals surface area contributed by atoms with Crippen LogP contribution in [0.5, 0.6) is 0 Å². The number of ketones is 1. The second-order valence-electron chi connectivity index (χ2n) is 12.6. The Bertz CT molecular complexity index is 1380. The Balaban J connectivity index is 1.54. The summed E-state index contributed by atoms with van der Waals surface area (Å²) in [6, 6.07) is 9.04. The molecule has 3 aliphatic heterocycles. The van der Waals surface area contributed by atoms with E-state index in [4.69, 9.17) is 23.7 Å². The SMILES string of the molecule is C=C(C)[C@@]12OC3(c4ccccc4)O[C@@H]1[C@@H]1[C@@H]4O[C@]4(CO)[C@@H](O)[C@]4(O)C(=O)C(C)=C[C@H]4[C@@]1(O3)[C@H](C)[C@H]2OC(=O)CCC. The smallest absolute Gasteiger partial charge is 0.314 e. The Kier molecular flexibility index (Phi) is 5.58. The number of carbonyl (C=O) groups excluding carboxylic acids is 2. The van der Waals surface area contributed by atoms with E-state index in [1.54, 1.807) is 32.1 Å². The molecule has 1 unspecified atom stereocenters. The zero-order valence-electron chi connectivity index (χ0n) is 23.5. The van der Waals surface area contributed by atoms with Gasteiger partial charge in [-0.2, -0.15) is 0 Å². The molecule has 3 N–H and O–H groups in total. The average molecular weight is 569 g/mol. The number of esters is 1. The fourth-order valence-corrected chi connectivity index (χ4v) is 8.71. The van der Waals surface area contributed by atoms with E-state index in [1.165, 1.54) is 0 Å². The Morgan fingerprint density at radius 1 is 1.15 bits per heavy atom. The summed E-state index contributed by atoms with van der Waals surface area (Å²) >= 11 is 0. The van der Waals surface area contributed by atoms with Crippen LogP contribution in [0.25, 0.3) is 0 Å². The predicted molar refractivity (Wildman–Crippen MR) is 141 cm³/mol. The molecule has 1 aromatic carbocycles. The summed E-state index contributed by atoms with van der Waals surface area (Å²) < 4.78 is 33.0. The van der Waals surface area contributed by atoms with E-state index in [1.807, 2.05) is 32.0 Å². The third-order valence-corrected chi connectivity index (χ3v) is 10.6. The summed E-state index contributed by atoms with van der Waals surface area (Å²) in [6.45, 7) is 10.7. The number of rotatable bonds is 6. The Labute approximate surface area is 237 Å². The van der Waals surface area contributed by atoms with Gasteiger partial charge in [-0.15, -0.1) is 0 Å². The van der Waals surface area contributed by atoms with Crippen molar-refractivity contribution >= 4 is 11.8 Å². The number of ether oxygens (including phenoxy) is 5. The highest BCUT2D eigenvalue weighted by atomic mass is 16.9. The number of Topliss-reactive ketones (excluding diaryl/α,β-unsaturated/α-hetero) is 1. The first-order chi connectivity index (χ1) is 19.4. The number of aliphatic hydroxyl groups excluding tert-OH is 2. The highest BCUT2D eigenvalue weighted by Crippen LogP contribution is 2.74. The van der Waals surface area contributed by atoms with Gasteiger partial charge in [0.25, 0.3) is 0 Å². The van der Waals surface area contributed by atoms with Crippen LogP contribution in [0.15, 0.2) is 54.1 Å². The summed E-state index contributed by atoms with van der Waals surface area (Å²) in [5.74, 6) is -5.51. The van der Waals surface area contributed by atoms with Gasteiger partial charge in [-0.25, -0.2) is 0 Å². The van der Waals surface area contributed by atoms with Crippen LogP contribution in [0.3, 0.4) is 0 Å². The first-order valence-corrected chi connectivity index (χ1v) is 14.3. The predicted octanol–water partition coefficient (Wildman–Crippen LogP) is 1.65. The van der Waals surface area contributed by atoms with Gasteiger partial charge in [-0.3, -0.25) is 9.59 Å². The topological polar surface area (TPSA) is 144 Å². The van der Waals surface area contributed by atoms with Crippen molar-refractivity contribution in [1.82, 2.24) is 0 Å². The standard InChI is InChI=1S/C31H36O10/c1-6-10-20(33)37-23-17(5)30-19-13-16(4)22(34)28(19,36)26(35)27(14-32)24(38-27)21(30)25-29(23,15(2)3)40-31(39-25,41-30)18-11-8-7-9-12-18/h7-9,11-13,17,19,21,23-26,32,35-36H,2,6,10,14H2,1,3-5H3/t17-,19-,21+,23-,24+,25-,26-,27+,28-,29+,30+,31?/m1/s1. The molecule has 220 valence electrons. The first-order valence-electron chi connectivity index (χ1n) is 14.3. The minimum Gasteiger partial charge on any atom is -0.458 e. The van der Waals surface area contributed by atoms with Crippen LogP contribution in [0, 0.1) is 17.8 Å². The number of aliphatic hydroxyl groups is 3. The van der Waals surface area contributed by atoms with E-state index in [9.17, 15) is 24.9 Å². The fourth-order valence-electron chi connectivity index (χ4n) is 8.71. The van der Waals surface area contributed by atoms with Crippen LogP contribution in [0.2, 0.25) is 0 Å². The van der Waals surface area contributed by atoms with Gasteiger partial charge in [0.1, 0.15) is 30.0 Å². The second-order valence-corrected chi connectivity index (χ2v) is 12.6. The van der Waals surface area contributed by atoms with Gasteiger partial charge in [0.05, 0.1) is 12.2 Å². The molecule has 0 radical (unpaired) electrons. The van der Waals surface area contributed by atoms with Gasteiger partial charge in [-0.1, -0.05) is 56.8 Å². The lowest BCUT2D eigenvalue weighted by atomic mass is 9.53. The van der Waals surface area contributed by atoms with Crippen molar-refractivity contribution in [1.29, 1.82) is 0 Å². The van der Waals surface area contributed by atoms with E-state index in [0.717, 1.165) is 0 Å². The summed E-state index contributed by atoms with van der Waals surface area (Å²) in [5, 5.41) is 34.6. The lowest BCUT2D eigenvalue weighted by Crippen LogP contribution is -2.76. The minimum atomic E-state index is -2.39. The van der Waals surface area contributed by atoms with Crippen LogP contribution >= 0.6 is 0 Å². The van der Waals surface area contributed by atoms with Crippen LogP contribution in [0.4, 0.5) is 0 Å².